The quantitative estimate of drug-likeness (QED) is 0.593. The van der Waals surface area contributed by atoms with E-state index in [4.69, 9.17) is 9.84 Å². The predicted molar refractivity (Wildman–Crippen MR) is 73.2 cm³/mol. The lowest BCUT2D eigenvalue weighted by Crippen LogP contribution is -2.41. The fourth-order valence-electron chi connectivity index (χ4n) is 1.53. The molecule has 0 heterocycles. The summed E-state index contributed by atoms with van der Waals surface area (Å²) in [7, 11) is 3.94. The fourth-order valence-corrected chi connectivity index (χ4v) is 1.53. The number of rotatable bonds is 10. The Kier molecular flexibility index (Phi) is 9.88. The predicted octanol–water partition coefficient (Wildman–Crippen LogP) is 1.70. The van der Waals surface area contributed by atoms with Gasteiger partial charge in [0.1, 0.15) is 6.04 Å². The van der Waals surface area contributed by atoms with Gasteiger partial charge in [0.15, 0.2) is 0 Å². The van der Waals surface area contributed by atoms with Gasteiger partial charge in [0, 0.05) is 0 Å². The largest absolute Gasteiger partial charge is 0.480 e. The van der Waals surface area contributed by atoms with Crippen molar-refractivity contribution in [3.63, 3.8) is 0 Å². The van der Waals surface area contributed by atoms with Crippen molar-refractivity contribution in [2.45, 2.75) is 45.1 Å². The van der Waals surface area contributed by atoms with Crippen LogP contribution in [-0.2, 0) is 9.53 Å². The van der Waals surface area contributed by atoms with Crippen molar-refractivity contribution >= 4 is 12.1 Å². The van der Waals surface area contributed by atoms with Crippen LogP contribution in [0.5, 0.6) is 0 Å². The van der Waals surface area contributed by atoms with E-state index in [-0.39, 0.29) is 0 Å². The number of carbonyl (C=O) groups is 2. The van der Waals surface area contributed by atoms with Crippen LogP contribution in [0.1, 0.15) is 39.0 Å². The molecule has 0 bridgehead atoms. The van der Waals surface area contributed by atoms with Gasteiger partial charge in [-0.15, -0.1) is 0 Å². The summed E-state index contributed by atoms with van der Waals surface area (Å²) in [5.41, 5.74) is 0. The van der Waals surface area contributed by atoms with Crippen molar-refractivity contribution in [2.24, 2.45) is 0 Å². The molecule has 19 heavy (non-hydrogen) atoms. The number of alkyl carbamates (subject to hydrolysis) is 1. The number of unbranched alkanes of at least 4 members (excludes halogenated alkanes) is 2. The monoisotopic (exact) mass is 274 g/mol. The van der Waals surface area contributed by atoms with Crippen LogP contribution in [0, 0.1) is 0 Å². The number of nitrogens with zero attached hydrogens (tertiary/aromatic N) is 1. The fraction of sp³-hybridized carbons (Fsp3) is 0.846. The Hall–Kier alpha value is -1.30. The maximum atomic E-state index is 11.4. The number of carbonyl (C=O) groups excluding carboxylic acids is 1. The molecule has 0 aliphatic carbocycles. The topological polar surface area (TPSA) is 78.9 Å². The lowest BCUT2D eigenvalue weighted by atomic mass is 10.1. The standard InChI is InChI=1S/C13H26N2O4/c1-4-5-10-19-13(18)14-11(12(16)17)8-6-7-9-15(2)3/h11H,4-10H2,1-3H3,(H,14,18)(H,16,17)/t11-/m0/s1. The van der Waals surface area contributed by atoms with E-state index in [1.165, 1.54) is 0 Å². The second-order valence-electron chi connectivity index (χ2n) is 4.82. The molecular weight excluding hydrogens is 248 g/mol. The van der Waals surface area contributed by atoms with Crippen LogP contribution in [0.3, 0.4) is 0 Å². The molecule has 0 aromatic rings. The number of ether oxygens (including phenoxy) is 1. The van der Waals surface area contributed by atoms with Gasteiger partial charge in [-0.25, -0.2) is 9.59 Å². The third kappa shape index (κ3) is 10.3. The molecule has 6 nitrogen and oxygen atoms in total. The highest BCUT2D eigenvalue weighted by Crippen LogP contribution is 2.03. The minimum absolute atomic E-state index is 0.329. The molecular formula is C13H26N2O4. The third-order valence-corrected chi connectivity index (χ3v) is 2.67. The molecule has 0 unspecified atom stereocenters. The first-order valence-electron chi connectivity index (χ1n) is 6.78. The number of nitrogens with one attached hydrogen (secondary N) is 1. The summed E-state index contributed by atoms with van der Waals surface area (Å²) in [4.78, 5) is 24.4. The zero-order valence-electron chi connectivity index (χ0n) is 12.1. The van der Waals surface area contributed by atoms with E-state index in [0.717, 1.165) is 32.2 Å². The normalized spacial score (nSPS) is 12.2. The molecule has 0 fully saturated rings. The second kappa shape index (κ2) is 10.6. The van der Waals surface area contributed by atoms with E-state index < -0.39 is 18.1 Å². The highest BCUT2D eigenvalue weighted by molar-refractivity contribution is 5.79. The Morgan fingerprint density at radius 2 is 1.95 bits per heavy atom. The summed E-state index contributed by atoms with van der Waals surface area (Å²) >= 11 is 0. The maximum Gasteiger partial charge on any atom is 0.407 e. The molecule has 2 N–H and O–H groups in total. The van der Waals surface area contributed by atoms with E-state index in [9.17, 15) is 9.59 Å². The molecule has 0 saturated heterocycles. The first-order chi connectivity index (χ1) is 8.97. The minimum Gasteiger partial charge on any atom is -0.480 e. The lowest BCUT2D eigenvalue weighted by Gasteiger charge is -2.15. The summed E-state index contributed by atoms with van der Waals surface area (Å²) in [6.45, 7) is 3.23. The lowest BCUT2D eigenvalue weighted by molar-refractivity contribution is -0.139. The Labute approximate surface area is 115 Å². The minimum atomic E-state index is -1.02. The van der Waals surface area contributed by atoms with E-state index in [0.29, 0.717) is 13.0 Å². The summed E-state index contributed by atoms with van der Waals surface area (Å²) in [6.07, 6.45) is 3.15. The smallest absolute Gasteiger partial charge is 0.407 e. The van der Waals surface area contributed by atoms with Crippen molar-refractivity contribution in [2.75, 3.05) is 27.2 Å². The Balaban J connectivity index is 3.91. The molecule has 0 aliphatic heterocycles. The van der Waals surface area contributed by atoms with Gasteiger partial charge in [-0.3, -0.25) is 0 Å². The number of hydrogen-bond acceptors (Lipinski definition) is 4. The van der Waals surface area contributed by atoms with Gasteiger partial charge < -0.3 is 20.1 Å². The molecule has 0 saturated carbocycles. The second-order valence-corrected chi connectivity index (χ2v) is 4.82. The van der Waals surface area contributed by atoms with Gasteiger partial charge in [-0.1, -0.05) is 13.3 Å². The van der Waals surface area contributed by atoms with Gasteiger partial charge in [0.25, 0.3) is 0 Å². The van der Waals surface area contributed by atoms with Gasteiger partial charge in [0.05, 0.1) is 6.61 Å². The van der Waals surface area contributed by atoms with Crippen LogP contribution in [-0.4, -0.2) is 55.4 Å². The average Bonchev–Trinajstić information content (AvgIpc) is 2.32. The summed E-state index contributed by atoms with van der Waals surface area (Å²) in [5.74, 6) is -1.02. The summed E-state index contributed by atoms with van der Waals surface area (Å²) in [6, 6.07) is -0.865. The molecule has 1 amide bonds. The van der Waals surface area contributed by atoms with E-state index in [1.807, 2.05) is 25.9 Å². The number of carboxylic acid groups (broad SMARTS) is 1. The van der Waals surface area contributed by atoms with Crippen molar-refractivity contribution in [1.82, 2.24) is 10.2 Å². The zero-order valence-corrected chi connectivity index (χ0v) is 12.1. The average molecular weight is 274 g/mol. The molecule has 0 spiro atoms. The van der Waals surface area contributed by atoms with Gasteiger partial charge in [-0.2, -0.15) is 0 Å². The van der Waals surface area contributed by atoms with E-state index in [2.05, 4.69) is 5.32 Å². The molecule has 0 aromatic carbocycles. The highest BCUT2D eigenvalue weighted by Gasteiger charge is 2.19. The van der Waals surface area contributed by atoms with Crippen molar-refractivity contribution in [1.29, 1.82) is 0 Å². The van der Waals surface area contributed by atoms with Crippen LogP contribution in [0.25, 0.3) is 0 Å². The Morgan fingerprint density at radius 1 is 1.26 bits per heavy atom. The number of amides is 1. The van der Waals surface area contributed by atoms with Crippen molar-refractivity contribution < 1.29 is 19.4 Å². The van der Waals surface area contributed by atoms with Gasteiger partial charge in [-0.05, 0) is 46.3 Å². The van der Waals surface area contributed by atoms with E-state index in [1.54, 1.807) is 0 Å². The molecule has 0 aliphatic rings. The Bertz CT molecular complexity index is 269. The highest BCUT2D eigenvalue weighted by atomic mass is 16.5. The molecule has 0 rings (SSSR count). The third-order valence-electron chi connectivity index (χ3n) is 2.67. The number of carboxylic acids is 1. The number of hydrogen-bond donors (Lipinski definition) is 2. The SMILES string of the molecule is CCCCOC(=O)N[C@@H](CCCCN(C)C)C(=O)O. The molecule has 112 valence electrons. The molecule has 6 heteroatoms. The summed E-state index contributed by atoms with van der Waals surface area (Å²) < 4.78 is 4.89. The van der Waals surface area contributed by atoms with Gasteiger partial charge in [0.2, 0.25) is 0 Å². The van der Waals surface area contributed by atoms with E-state index >= 15 is 0 Å². The Morgan fingerprint density at radius 3 is 2.47 bits per heavy atom. The van der Waals surface area contributed by atoms with Crippen LogP contribution in [0.15, 0.2) is 0 Å². The van der Waals surface area contributed by atoms with Gasteiger partial charge >= 0.3 is 12.1 Å². The molecule has 0 aromatic heterocycles. The molecule has 0 radical (unpaired) electrons. The summed E-state index contributed by atoms with van der Waals surface area (Å²) in [5, 5.41) is 11.4. The number of aliphatic carboxylic acids is 1. The van der Waals surface area contributed by atoms with Crippen LogP contribution in [0.2, 0.25) is 0 Å². The first kappa shape index (κ1) is 17.7. The van der Waals surface area contributed by atoms with Crippen molar-refractivity contribution in [3.05, 3.63) is 0 Å². The molecule has 1 atom stereocenters. The van der Waals surface area contributed by atoms with Crippen LogP contribution < -0.4 is 5.32 Å². The zero-order chi connectivity index (χ0) is 14.7. The van der Waals surface area contributed by atoms with Crippen LogP contribution in [0.4, 0.5) is 4.79 Å². The van der Waals surface area contributed by atoms with Crippen molar-refractivity contribution in [3.8, 4) is 0 Å². The maximum absolute atomic E-state index is 11.4. The first-order valence-corrected chi connectivity index (χ1v) is 6.78. The van der Waals surface area contributed by atoms with Crippen LogP contribution >= 0.6 is 0 Å².